The minimum absolute atomic E-state index is 0.0648. The number of hydrogen-bond acceptors (Lipinski definition) is 6. The van der Waals surface area contributed by atoms with Gasteiger partial charge >= 0.3 is 5.79 Å². The van der Waals surface area contributed by atoms with Gasteiger partial charge in [-0.2, -0.15) is 5.26 Å². The number of nitriles is 1. The van der Waals surface area contributed by atoms with Crippen LogP contribution in [0.15, 0.2) is 66.7 Å². The smallest absolute Gasteiger partial charge is 0.305 e. The molecule has 7 heteroatoms. The second kappa shape index (κ2) is 8.49. The molecule has 2 aliphatic rings. The first-order chi connectivity index (χ1) is 16.1. The van der Waals surface area contributed by atoms with Gasteiger partial charge in [0.1, 0.15) is 5.75 Å². The lowest BCUT2D eigenvalue weighted by molar-refractivity contribution is -0.0459. The number of nitrogens with zero attached hydrogens (tertiary/aromatic N) is 2. The molecular formula is C26H22N2O5. The molecule has 2 aliphatic heterocycles. The van der Waals surface area contributed by atoms with Gasteiger partial charge in [0.2, 0.25) is 0 Å². The summed E-state index contributed by atoms with van der Waals surface area (Å²) in [6, 6.07) is 21.9. The van der Waals surface area contributed by atoms with Crippen molar-refractivity contribution in [3.8, 4) is 23.3 Å². The molecule has 0 aliphatic carbocycles. The van der Waals surface area contributed by atoms with Gasteiger partial charge in [-0.05, 0) is 66.7 Å². The van der Waals surface area contributed by atoms with Crippen molar-refractivity contribution in [1.29, 1.82) is 5.26 Å². The second-order valence-corrected chi connectivity index (χ2v) is 7.80. The molecular weight excluding hydrogens is 420 g/mol. The topological polar surface area (TPSA) is 81.0 Å². The van der Waals surface area contributed by atoms with Crippen molar-refractivity contribution >= 4 is 5.91 Å². The molecule has 3 aromatic carbocycles. The number of carbonyl (C=O) groups excluding carboxylic acids is 1. The van der Waals surface area contributed by atoms with E-state index in [-0.39, 0.29) is 5.91 Å². The van der Waals surface area contributed by atoms with Crippen LogP contribution < -0.4 is 14.2 Å². The Labute approximate surface area is 191 Å². The van der Waals surface area contributed by atoms with Crippen molar-refractivity contribution in [2.24, 2.45) is 0 Å². The zero-order valence-corrected chi connectivity index (χ0v) is 18.1. The van der Waals surface area contributed by atoms with E-state index >= 15 is 0 Å². The van der Waals surface area contributed by atoms with Crippen molar-refractivity contribution in [3.05, 3.63) is 89.0 Å². The SMILES string of the molecule is COc1ccc(C2(c3ccc(C#N)cc3)Oc3ccc(C(=O)N4CCOCC4)cc3O2)cc1. The third-order valence-corrected chi connectivity index (χ3v) is 5.86. The van der Waals surface area contributed by atoms with Crippen LogP contribution in [0.5, 0.6) is 17.2 Å². The number of hydrogen-bond donors (Lipinski definition) is 0. The van der Waals surface area contributed by atoms with E-state index in [1.165, 1.54) is 0 Å². The fourth-order valence-corrected chi connectivity index (χ4v) is 4.06. The number of methoxy groups -OCH3 is 1. The Bertz CT molecular complexity index is 1210. The number of fused-ring (bicyclic) bond motifs is 1. The van der Waals surface area contributed by atoms with E-state index in [2.05, 4.69) is 6.07 Å². The quantitative estimate of drug-likeness (QED) is 0.613. The first-order valence-corrected chi connectivity index (χ1v) is 10.7. The average Bonchev–Trinajstić information content (AvgIpc) is 3.29. The summed E-state index contributed by atoms with van der Waals surface area (Å²) in [7, 11) is 1.61. The van der Waals surface area contributed by atoms with Gasteiger partial charge in [0, 0.05) is 29.8 Å². The molecule has 2 heterocycles. The van der Waals surface area contributed by atoms with Crippen molar-refractivity contribution in [2.75, 3.05) is 33.4 Å². The molecule has 0 spiro atoms. The minimum Gasteiger partial charge on any atom is -0.497 e. The molecule has 33 heavy (non-hydrogen) atoms. The summed E-state index contributed by atoms with van der Waals surface area (Å²) < 4.78 is 23.5. The predicted molar refractivity (Wildman–Crippen MR) is 119 cm³/mol. The maximum atomic E-state index is 13.0. The lowest BCUT2D eigenvalue weighted by atomic mass is 9.96. The largest absolute Gasteiger partial charge is 0.497 e. The number of rotatable bonds is 4. The average molecular weight is 442 g/mol. The highest BCUT2D eigenvalue weighted by atomic mass is 16.7. The van der Waals surface area contributed by atoms with E-state index in [1.807, 2.05) is 36.4 Å². The van der Waals surface area contributed by atoms with Crippen LogP contribution >= 0.6 is 0 Å². The van der Waals surface area contributed by atoms with Gasteiger partial charge in [-0.15, -0.1) is 0 Å². The van der Waals surface area contributed by atoms with Crippen LogP contribution in [0.3, 0.4) is 0 Å². The van der Waals surface area contributed by atoms with Gasteiger partial charge in [0.15, 0.2) is 11.5 Å². The molecule has 0 radical (unpaired) electrons. The van der Waals surface area contributed by atoms with E-state index in [9.17, 15) is 10.1 Å². The maximum absolute atomic E-state index is 13.0. The molecule has 1 fully saturated rings. The summed E-state index contributed by atoms with van der Waals surface area (Å²) in [5.74, 6) is 0.402. The van der Waals surface area contributed by atoms with Crippen LogP contribution in [0.4, 0.5) is 0 Å². The number of amides is 1. The van der Waals surface area contributed by atoms with Gasteiger partial charge in [-0.3, -0.25) is 4.79 Å². The highest BCUT2D eigenvalue weighted by molar-refractivity contribution is 5.95. The van der Waals surface area contributed by atoms with E-state index in [0.717, 1.165) is 11.1 Å². The fourth-order valence-electron chi connectivity index (χ4n) is 4.06. The first-order valence-electron chi connectivity index (χ1n) is 10.7. The van der Waals surface area contributed by atoms with Crippen LogP contribution in [0, 0.1) is 11.3 Å². The maximum Gasteiger partial charge on any atom is 0.305 e. The van der Waals surface area contributed by atoms with Crippen LogP contribution in [-0.2, 0) is 10.5 Å². The molecule has 1 saturated heterocycles. The summed E-state index contributed by atoms with van der Waals surface area (Å²) in [6.07, 6.45) is 0. The standard InChI is InChI=1S/C26H22N2O5/c1-30-22-9-7-21(8-10-22)26(20-5-2-18(17-27)3-6-20)32-23-11-4-19(16-24(23)33-26)25(29)28-12-14-31-15-13-28/h2-11,16H,12-15H2,1H3. The summed E-state index contributed by atoms with van der Waals surface area (Å²) in [5.41, 5.74) is 2.55. The third kappa shape index (κ3) is 3.75. The summed E-state index contributed by atoms with van der Waals surface area (Å²) in [5, 5.41) is 9.19. The van der Waals surface area contributed by atoms with E-state index in [0.29, 0.717) is 54.7 Å². The lowest BCUT2D eigenvalue weighted by Gasteiger charge is -2.29. The Morgan fingerprint density at radius 3 is 2.21 bits per heavy atom. The number of morpholine rings is 1. The van der Waals surface area contributed by atoms with Crippen molar-refractivity contribution in [2.45, 2.75) is 5.79 Å². The van der Waals surface area contributed by atoms with Crippen LogP contribution in [0.2, 0.25) is 0 Å². The molecule has 0 aromatic heterocycles. The third-order valence-electron chi connectivity index (χ3n) is 5.86. The molecule has 1 amide bonds. The predicted octanol–water partition coefficient (Wildman–Crippen LogP) is 3.71. The van der Waals surface area contributed by atoms with Gasteiger partial charge in [-0.25, -0.2) is 0 Å². The number of benzene rings is 3. The monoisotopic (exact) mass is 442 g/mol. The molecule has 0 N–H and O–H groups in total. The molecule has 166 valence electrons. The Balaban J connectivity index is 1.53. The van der Waals surface area contributed by atoms with Gasteiger partial charge in [0.25, 0.3) is 5.91 Å². The second-order valence-electron chi connectivity index (χ2n) is 7.80. The first kappa shape index (κ1) is 20.9. The molecule has 0 saturated carbocycles. The normalized spacial score (nSPS) is 19.1. The van der Waals surface area contributed by atoms with Crippen LogP contribution in [-0.4, -0.2) is 44.2 Å². The van der Waals surface area contributed by atoms with Crippen LogP contribution in [0.1, 0.15) is 27.0 Å². The molecule has 1 atom stereocenters. The van der Waals surface area contributed by atoms with Gasteiger partial charge in [0.05, 0.1) is 32.0 Å². The summed E-state index contributed by atoms with van der Waals surface area (Å²) in [6.45, 7) is 2.20. The molecule has 5 rings (SSSR count). The van der Waals surface area contributed by atoms with Gasteiger partial charge in [-0.1, -0.05) is 0 Å². The Morgan fingerprint density at radius 2 is 1.58 bits per heavy atom. The van der Waals surface area contributed by atoms with E-state index in [4.69, 9.17) is 18.9 Å². The van der Waals surface area contributed by atoms with Crippen LogP contribution in [0.25, 0.3) is 0 Å². The lowest BCUT2D eigenvalue weighted by Crippen LogP contribution is -2.40. The van der Waals surface area contributed by atoms with Crippen molar-refractivity contribution < 1.29 is 23.7 Å². The van der Waals surface area contributed by atoms with Crippen molar-refractivity contribution in [1.82, 2.24) is 4.90 Å². The zero-order valence-electron chi connectivity index (χ0n) is 18.1. The molecule has 1 unspecified atom stereocenters. The summed E-state index contributed by atoms with van der Waals surface area (Å²) >= 11 is 0. The Kier molecular flexibility index (Phi) is 5.37. The van der Waals surface area contributed by atoms with E-state index < -0.39 is 5.79 Å². The number of ether oxygens (including phenoxy) is 4. The molecule has 0 bridgehead atoms. The highest BCUT2D eigenvalue weighted by Crippen LogP contribution is 2.48. The summed E-state index contributed by atoms with van der Waals surface area (Å²) in [4.78, 5) is 14.7. The van der Waals surface area contributed by atoms with Crippen molar-refractivity contribution in [3.63, 3.8) is 0 Å². The fraction of sp³-hybridized carbons (Fsp3) is 0.231. The highest BCUT2D eigenvalue weighted by Gasteiger charge is 2.45. The van der Waals surface area contributed by atoms with E-state index in [1.54, 1.807) is 42.3 Å². The van der Waals surface area contributed by atoms with Gasteiger partial charge < -0.3 is 23.8 Å². The Hall–Kier alpha value is -4.02. The number of carbonyl (C=O) groups is 1. The Morgan fingerprint density at radius 1 is 0.939 bits per heavy atom. The zero-order chi connectivity index (χ0) is 22.8. The molecule has 7 nitrogen and oxygen atoms in total. The minimum atomic E-state index is -1.26. The molecule has 3 aromatic rings.